The molecule has 7 nitrogen and oxygen atoms in total. The molecule has 1 saturated carbocycles. The molecule has 2 saturated heterocycles. The maximum absolute atomic E-state index is 11.5. The Hall–Kier alpha value is -2.48. The Bertz CT molecular complexity index is 1400. The van der Waals surface area contributed by atoms with Crippen molar-refractivity contribution in [2.45, 2.75) is 51.7 Å². The van der Waals surface area contributed by atoms with Gasteiger partial charge in [0.05, 0.1) is 22.5 Å². The average Bonchev–Trinajstić information content (AvgIpc) is 3.22. The minimum absolute atomic E-state index is 0.250. The van der Waals surface area contributed by atoms with Gasteiger partial charge < -0.3 is 19.6 Å². The molecule has 3 aromatic rings. The molecule has 0 radical (unpaired) electrons. The number of aromatic nitrogens is 2. The fourth-order valence-electron chi connectivity index (χ4n) is 6.76. The number of carboxylic acids is 1. The standard InChI is InChI=1S/C30H36Cl2N4O3/c1-18(24-7-6-21(31)9-26(24)32)39-28-11-22(10-27-25(28)14-33-34(27)3)36-16-20(17-36)19-5-4-8-35(15-19)23-12-30(2,13-23)29(37)38/h6-7,9-11,14,18-20,23H,4-5,8,12-13,15-17H2,1-3H3,(H,37,38)/t18-,19+,23?,30?/m1/s1. The first kappa shape index (κ1) is 26.7. The van der Waals surface area contributed by atoms with Crippen LogP contribution in [0.5, 0.6) is 5.75 Å². The van der Waals surface area contributed by atoms with Crippen LogP contribution in [0.3, 0.4) is 0 Å². The molecule has 2 aliphatic heterocycles. The number of benzene rings is 2. The lowest BCUT2D eigenvalue weighted by Crippen LogP contribution is -2.58. The zero-order valence-corrected chi connectivity index (χ0v) is 24.3. The summed E-state index contributed by atoms with van der Waals surface area (Å²) in [5, 5.41) is 16.2. The monoisotopic (exact) mass is 570 g/mol. The zero-order chi connectivity index (χ0) is 27.5. The molecule has 39 heavy (non-hydrogen) atoms. The van der Waals surface area contributed by atoms with Crippen LogP contribution in [-0.4, -0.2) is 58.0 Å². The number of hydrogen-bond acceptors (Lipinski definition) is 5. The highest BCUT2D eigenvalue weighted by Gasteiger charge is 2.49. The van der Waals surface area contributed by atoms with Gasteiger partial charge >= 0.3 is 5.97 Å². The normalized spacial score (nSPS) is 26.7. The molecule has 0 bridgehead atoms. The largest absolute Gasteiger partial charge is 0.485 e. The van der Waals surface area contributed by atoms with Crippen molar-refractivity contribution in [2.75, 3.05) is 31.1 Å². The van der Waals surface area contributed by atoms with E-state index in [9.17, 15) is 9.90 Å². The number of ether oxygens (including phenoxy) is 1. The molecule has 0 amide bonds. The van der Waals surface area contributed by atoms with E-state index in [0.717, 1.165) is 66.9 Å². The number of carbonyl (C=O) groups is 1. The van der Waals surface area contributed by atoms with E-state index in [2.05, 4.69) is 27.0 Å². The van der Waals surface area contributed by atoms with Crippen molar-refractivity contribution in [3.8, 4) is 5.75 Å². The van der Waals surface area contributed by atoms with Gasteiger partial charge in [0.25, 0.3) is 0 Å². The van der Waals surface area contributed by atoms with Gasteiger partial charge in [-0.2, -0.15) is 5.10 Å². The first-order chi connectivity index (χ1) is 18.6. The molecule has 0 spiro atoms. The molecule has 6 rings (SSSR count). The maximum atomic E-state index is 11.5. The highest BCUT2D eigenvalue weighted by atomic mass is 35.5. The Morgan fingerprint density at radius 3 is 2.64 bits per heavy atom. The summed E-state index contributed by atoms with van der Waals surface area (Å²) in [5.74, 6) is 1.46. The van der Waals surface area contributed by atoms with E-state index in [1.165, 1.54) is 12.8 Å². The summed E-state index contributed by atoms with van der Waals surface area (Å²) in [6.07, 6.45) is 5.62. The van der Waals surface area contributed by atoms with E-state index in [1.807, 2.05) is 43.9 Å². The minimum Gasteiger partial charge on any atom is -0.485 e. The van der Waals surface area contributed by atoms with Crippen molar-refractivity contribution in [3.05, 3.63) is 52.1 Å². The van der Waals surface area contributed by atoms with Gasteiger partial charge in [-0.05, 0) is 76.1 Å². The quantitative estimate of drug-likeness (QED) is 0.353. The second-order valence-electron chi connectivity index (χ2n) is 12.1. The maximum Gasteiger partial charge on any atom is 0.309 e. The molecule has 2 aromatic carbocycles. The molecular formula is C30H36Cl2N4O3. The number of rotatable bonds is 7. The molecule has 3 aliphatic rings. The summed E-state index contributed by atoms with van der Waals surface area (Å²) < 4.78 is 8.38. The van der Waals surface area contributed by atoms with Gasteiger partial charge in [0.1, 0.15) is 11.9 Å². The zero-order valence-electron chi connectivity index (χ0n) is 22.7. The highest BCUT2D eigenvalue weighted by molar-refractivity contribution is 6.35. The number of hydrogen-bond donors (Lipinski definition) is 1. The molecule has 1 aromatic heterocycles. The van der Waals surface area contributed by atoms with Gasteiger partial charge in [0.15, 0.2) is 0 Å². The molecule has 1 N–H and O–H groups in total. The molecular weight excluding hydrogens is 535 g/mol. The van der Waals surface area contributed by atoms with Crippen LogP contribution in [0.15, 0.2) is 36.5 Å². The SMILES string of the molecule is C[C@@H](Oc1cc(N2CC([C@H]3CCCN(C4CC(C)(C(=O)O)C4)C3)C2)cc2c1cnn2C)c1ccc(Cl)cc1Cl. The molecule has 1 aliphatic carbocycles. The van der Waals surface area contributed by atoms with Gasteiger partial charge in [-0.3, -0.25) is 9.48 Å². The lowest BCUT2D eigenvalue weighted by atomic mass is 9.65. The number of piperidine rings is 1. The molecule has 0 unspecified atom stereocenters. The van der Waals surface area contributed by atoms with Gasteiger partial charge in [0, 0.05) is 60.1 Å². The molecule has 3 fully saturated rings. The van der Waals surface area contributed by atoms with Crippen molar-refractivity contribution < 1.29 is 14.6 Å². The predicted octanol–water partition coefficient (Wildman–Crippen LogP) is 6.42. The molecule has 3 heterocycles. The van der Waals surface area contributed by atoms with Crippen molar-refractivity contribution in [3.63, 3.8) is 0 Å². The van der Waals surface area contributed by atoms with Gasteiger partial charge in [-0.15, -0.1) is 0 Å². The van der Waals surface area contributed by atoms with Crippen molar-refractivity contribution in [1.29, 1.82) is 0 Å². The van der Waals surface area contributed by atoms with Crippen LogP contribution in [-0.2, 0) is 11.8 Å². The Labute approximate surface area is 239 Å². The number of likely N-dealkylation sites (tertiary alicyclic amines) is 1. The number of nitrogens with zero attached hydrogens (tertiary/aromatic N) is 4. The van der Waals surface area contributed by atoms with Crippen molar-refractivity contribution >= 4 is 45.8 Å². The van der Waals surface area contributed by atoms with E-state index in [1.54, 1.807) is 6.07 Å². The third kappa shape index (κ3) is 4.98. The summed E-state index contributed by atoms with van der Waals surface area (Å²) in [7, 11) is 1.96. The Morgan fingerprint density at radius 1 is 1.15 bits per heavy atom. The topological polar surface area (TPSA) is 70.8 Å². The van der Waals surface area contributed by atoms with Gasteiger partial charge in [0.2, 0.25) is 0 Å². The summed E-state index contributed by atoms with van der Waals surface area (Å²) >= 11 is 12.6. The van der Waals surface area contributed by atoms with E-state index in [4.69, 9.17) is 27.9 Å². The summed E-state index contributed by atoms with van der Waals surface area (Å²) in [5.41, 5.74) is 2.54. The van der Waals surface area contributed by atoms with Crippen LogP contribution in [0.4, 0.5) is 5.69 Å². The van der Waals surface area contributed by atoms with Gasteiger partial charge in [-0.25, -0.2) is 0 Å². The summed E-state index contributed by atoms with van der Waals surface area (Å²) in [6.45, 7) is 8.13. The number of anilines is 1. The summed E-state index contributed by atoms with van der Waals surface area (Å²) in [6, 6.07) is 10.3. The Balaban J connectivity index is 1.14. The molecule has 208 valence electrons. The lowest BCUT2D eigenvalue weighted by molar-refractivity contribution is -0.158. The number of aliphatic carboxylic acids is 1. The first-order valence-corrected chi connectivity index (χ1v) is 14.7. The third-order valence-corrected chi connectivity index (χ3v) is 9.92. The summed E-state index contributed by atoms with van der Waals surface area (Å²) in [4.78, 5) is 16.6. The first-order valence-electron chi connectivity index (χ1n) is 13.9. The lowest BCUT2D eigenvalue weighted by Gasteiger charge is -2.52. The minimum atomic E-state index is -0.652. The van der Waals surface area contributed by atoms with Crippen LogP contribution >= 0.6 is 23.2 Å². The van der Waals surface area contributed by atoms with Crippen LogP contribution in [0, 0.1) is 17.3 Å². The predicted molar refractivity (Wildman–Crippen MR) is 155 cm³/mol. The smallest absolute Gasteiger partial charge is 0.309 e. The fourth-order valence-corrected chi connectivity index (χ4v) is 7.32. The number of fused-ring (bicyclic) bond motifs is 1. The number of carboxylic acid groups (broad SMARTS) is 1. The second-order valence-corrected chi connectivity index (χ2v) is 12.9. The van der Waals surface area contributed by atoms with Crippen LogP contribution in [0.2, 0.25) is 10.0 Å². The van der Waals surface area contributed by atoms with Crippen molar-refractivity contribution in [2.24, 2.45) is 24.3 Å². The highest BCUT2D eigenvalue weighted by Crippen LogP contribution is 2.46. The molecule has 9 heteroatoms. The van der Waals surface area contributed by atoms with Crippen molar-refractivity contribution in [1.82, 2.24) is 14.7 Å². The Kier molecular flexibility index (Phi) is 6.97. The second kappa shape index (κ2) is 10.2. The van der Waals surface area contributed by atoms with Gasteiger partial charge in [-0.1, -0.05) is 29.3 Å². The fraction of sp³-hybridized carbons (Fsp3) is 0.533. The third-order valence-electron chi connectivity index (χ3n) is 9.35. The van der Waals surface area contributed by atoms with E-state index in [-0.39, 0.29) is 6.10 Å². The Morgan fingerprint density at radius 2 is 1.92 bits per heavy atom. The van der Waals surface area contributed by atoms with Crippen LogP contribution < -0.4 is 9.64 Å². The van der Waals surface area contributed by atoms with E-state index in [0.29, 0.717) is 27.9 Å². The van der Waals surface area contributed by atoms with E-state index >= 15 is 0 Å². The number of halogens is 2. The number of aryl methyl sites for hydroxylation is 1. The molecule has 2 atom stereocenters. The van der Waals surface area contributed by atoms with Crippen LogP contribution in [0.1, 0.15) is 51.2 Å². The average molecular weight is 572 g/mol. The van der Waals surface area contributed by atoms with Crippen LogP contribution in [0.25, 0.3) is 10.9 Å². The van der Waals surface area contributed by atoms with E-state index < -0.39 is 11.4 Å².